The van der Waals surface area contributed by atoms with E-state index >= 15 is 0 Å². The number of amides is 1. The fourth-order valence-electron chi connectivity index (χ4n) is 2.84. The number of benzene rings is 2. The standard InChI is InChI=1S/C21H18N4O3/c1-13-8-9-16(24-20(26)14-6-4-3-5-7-14)17(10-13)25-12-15(11-22)18(23)19(25)21(27)28-2/h3-10,12H,23H2,1-2H3,(H,24,26). The van der Waals surface area contributed by atoms with E-state index in [4.69, 9.17) is 10.5 Å². The fraction of sp³-hybridized carbons (Fsp3) is 0.0952. The van der Waals surface area contributed by atoms with Crippen molar-refractivity contribution < 1.29 is 14.3 Å². The van der Waals surface area contributed by atoms with E-state index in [0.717, 1.165) is 5.56 Å². The lowest BCUT2D eigenvalue weighted by Gasteiger charge is -2.15. The maximum Gasteiger partial charge on any atom is 0.357 e. The molecule has 0 bridgehead atoms. The molecular formula is C21H18N4O3. The van der Waals surface area contributed by atoms with Crippen molar-refractivity contribution in [2.75, 3.05) is 18.2 Å². The van der Waals surface area contributed by atoms with Crippen LogP contribution in [0.5, 0.6) is 0 Å². The summed E-state index contributed by atoms with van der Waals surface area (Å²) in [6, 6.07) is 16.1. The first-order chi connectivity index (χ1) is 13.5. The van der Waals surface area contributed by atoms with Crippen molar-refractivity contribution in [1.29, 1.82) is 5.26 Å². The van der Waals surface area contributed by atoms with E-state index in [1.807, 2.05) is 25.1 Å². The molecule has 0 saturated carbocycles. The van der Waals surface area contributed by atoms with Crippen LogP contribution < -0.4 is 11.1 Å². The number of carbonyl (C=O) groups excluding carboxylic acids is 2. The number of nitrogens with one attached hydrogen (secondary N) is 1. The Morgan fingerprint density at radius 3 is 2.54 bits per heavy atom. The molecule has 7 heteroatoms. The molecule has 7 nitrogen and oxygen atoms in total. The van der Waals surface area contributed by atoms with Gasteiger partial charge in [-0.3, -0.25) is 4.79 Å². The number of ether oxygens (including phenoxy) is 1. The molecule has 0 aliphatic carbocycles. The summed E-state index contributed by atoms with van der Waals surface area (Å²) in [7, 11) is 1.24. The summed E-state index contributed by atoms with van der Waals surface area (Å²) in [5, 5.41) is 12.2. The summed E-state index contributed by atoms with van der Waals surface area (Å²) in [5.74, 6) is -0.980. The average molecular weight is 374 g/mol. The van der Waals surface area contributed by atoms with Crippen LogP contribution in [0.4, 0.5) is 11.4 Å². The highest BCUT2D eigenvalue weighted by molar-refractivity contribution is 6.05. The van der Waals surface area contributed by atoms with Crippen molar-refractivity contribution in [1.82, 2.24) is 4.57 Å². The predicted octanol–water partition coefficient (Wildman–Crippen LogP) is 3.28. The van der Waals surface area contributed by atoms with E-state index in [-0.39, 0.29) is 22.9 Å². The molecule has 0 aliphatic rings. The maximum absolute atomic E-state index is 12.6. The molecule has 3 rings (SSSR count). The van der Waals surface area contributed by atoms with Gasteiger partial charge in [0.15, 0.2) is 5.69 Å². The first kappa shape index (κ1) is 18.7. The number of hydrogen-bond acceptors (Lipinski definition) is 5. The van der Waals surface area contributed by atoms with E-state index in [2.05, 4.69) is 5.32 Å². The highest BCUT2D eigenvalue weighted by Crippen LogP contribution is 2.30. The second-order valence-corrected chi connectivity index (χ2v) is 6.12. The van der Waals surface area contributed by atoms with Gasteiger partial charge in [0.25, 0.3) is 5.91 Å². The zero-order valence-corrected chi connectivity index (χ0v) is 15.4. The largest absolute Gasteiger partial charge is 0.464 e. The number of nitrogen functional groups attached to an aromatic ring is 1. The highest BCUT2D eigenvalue weighted by Gasteiger charge is 2.23. The van der Waals surface area contributed by atoms with Crippen LogP contribution in [-0.2, 0) is 4.74 Å². The fourth-order valence-corrected chi connectivity index (χ4v) is 2.84. The molecule has 0 radical (unpaired) electrons. The number of anilines is 2. The maximum atomic E-state index is 12.6. The third-order valence-electron chi connectivity index (χ3n) is 4.24. The minimum Gasteiger partial charge on any atom is -0.464 e. The first-order valence-corrected chi connectivity index (χ1v) is 8.43. The molecule has 0 unspecified atom stereocenters. The van der Waals surface area contributed by atoms with E-state index in [0.29, 0.717) is 16.9 Å². The number of carbonyl (C=O) groups is 2. The Bertz CT molecular complexity index is 1090. The number of esters is 1. The minimum atomic E-state index is -0.680. The van der Waals surface area contributed by atoms with Crippen LogP contribution in [0.1, 0.15) is 32.0 Å². The molecule has 1 amide bonds. The summed E-state index contributed by atoms with van der Waals surface area (Å²) in [6.45, 7) is 1.88. The second-order valence-electron chi connectivity index (χ2n) is 6.12. The Hall–Kier alpha value is -4.05. The number of methoxy groups -OCH3 is 1. The molecule has 1 heterocycles. The summed E-state index contributed by atoms with van der Waals surface area (Å²) < 4.78 is 6.29. The molecule has 2 aromatic carbocycles. The molecule has 0 fully saturated rings. The van der Waals surface area contributed by atoms with Gasteiger partial charge in [-0.1, -0.05) is 24.3 Å². The normalized spacial score (nSPS) is 10.2. The molecule has 3 N–H and O–H groups in total. The Morgan fingerprint density at radius 2 is 1.89 bits per heavy atom. The van der Waals surface area contributed by atoms with Gasteiger partial charge in [0.2, 0.25) is 0 Å². The number of nitrogens with zero attached hydrogens (tertiary/aromatic N) is 2. The summed E-state index contributed by atoms with van der Waals surface area (Å²) >= 11 is 0. The zero-order chi connectivity index (χ0) is 20.3. The molecule has 140 valence electrons. The van der Waals surface area contributed by atoms with Gasteiger partial charge in [-0.2, -0.15) is 5.26 Å². The van der Waals surface area contributed by atoms with E-state index in [1.165, 1.54) is 17.9 Å². The van der Waals surface area contributed by atoms with Crippen LogP contribution >= 0.6 is 0 Å². The molecule has 0 atom stereocenters. The van der Waals surface area contributed by atoms with Crippen molar-refractivity contribution in [3.05, 3.63) is 77.1 Å². The van der Waals surface area contributed by atoms with Crippen LogP contribution in [0.2, 0.25) is 0 Å². The Balaban J connectivity index is 2.13. The van der Waals surface area contributed by atoms with Gasteiger partial charge < -0.3 is 20.4 Å². The molecule has 3 aromatic rings. The lowest BCUT2D eigenvalue weighted by molar-refractivity contribution is 0.0593. The van der Waals surface area contributed by atoms with Gasteiger partial charge in [0, 0.05) is 11.8 Å². The van der Waals surface area contributed by atoms with Crippen molar-refractivity contribution >= 4 is 23.3 Å². The Morgan fingerprint density at radius 1 is 1.18 bits per heavy atom. The Labute approximate surface area is 162 Å². The van der Waals surface area contributed by atoms with Crippen LogP contribution in [0, 0.1) is 18.3 Å². The van der Waals surface area contributed by atoms with Crippen LogP contribution in [-0.4, -0.2) is 23.6 Å². The smallest absolute Gasteiger partial charge is 0.357 e. The van der Waals surface area contributed by atoms with Crippen molar-refractivity contribution in [3.63, 3.8) is 0 Å². The van der Waals surface area contributed by atoms with Crippen molar-refractivity contribution in [2.24, 2.45) is 0 Å². The third-order valence-corrected chi connectivity index (χ3v) is 4.24. The third kappa shape index (κ3) is 3.44. The van der Waals surface area contributed by atoms with Crippen molar-refractivity contribution in [2.45, 2.75) is 6.92 Å². The number of nitrogens with two attached hydrogens (primary N) is 1. The first-order valence-electron chi connectivity index (χ1n) is 8.43. The van der Waals surface area contributed by atoms with Gasteiger partial charge >= 0.3 is 5.97 Å². The monoisotopic (exact) mass is 374 g/mol. The number of aryl methyl sites for hydroxylation is 1. The minimum absolute atomic E-state index is 0.0243. The van der Waals surface area contributed by atoms with Gasteiger partial charge in [0.1, 0.15) is 6.07 Å². The number of hydrogen-bond donors (Lipinski definition) is 2. The molecule has 0 spiro atoms. The Kier molecular flexibility index (Phi) is 5.14. The topological polar surface area (TPSA) is 110 Å². The zero-order valence-electron chi connectivity index (χ0n) is 15.4. The quantitative estimate of drug-likeness (QED) is 0.681. The number of nitriles is 1. The lowest BCUT2D eigenvalue weighted by Crippen LogP contribution is -2.16. The average Bonchev–Trinajstić information content (AvgIpc) is 3.05. The van der Waals surface area contributed by atoms with Crippen molar-refractivity contribution in [3.8, 4) is 11.8 Å². The number of rotatable bonds is 4. The summed E-state index contributed by atoms with van der Waals surface area (Å²) in [4.78, 5) is 24.9. The van der Waals surface area contributed by atoms with Crippen LogP contribution in [0.3, 0.4) is 0 Å². The van der Waals surface area contributed by atoms with Crippen LogP contribution in [0.15, 0.2) is 54.7 Å². The summed E-state index contributed by atoms with van der Waals surface area (Å²) in [6.07, 6.45) is 1.45. The van der Waals surface area contributed by atoms with Gasteiger partial charge in [-0.05, 0) is 36.8 Å². The molecule has 28 heavy (non-hydrogen) atoms. The van der Waals surface area contributed by atoms with Crippen LogP contribution in [0.25, 0.3) is 5.69 Å². The summed E-state index contributed by atoms with van der Waals surface area (Å²) in [5.41, 5.74) is 8.52. The molecule has 0 saturated heterocycles. The van der Waals surface area contributed by atoms with E-state index in [9.17, 15) is 14.9 Å². The van der Waals surface area contributed by atoms with Gasteiger partial charge in [-0.15, -0.1) is 0 Å². The lowest BCUT2D eigenvalue weighted by atomic mass is 10.1. The van der Waals surface area contributed by atoms with E-state index in [1.54, 1.807) is 36.4 Å². The van der Waals surface area contributed by atoms with Gasteiger partial charge in [0.05, 0.1) is 29.7 Å². The SMILES string of the molecule is COC(=O)c1c(N)c(C#N)cn1-c1cc(C)ccc1NC(=O)c1ccccc1. The highest BCUT2D eigenvalue weighted by atomic mass is 16.5. The van der Waals surface area contributed by atoms with Gasteiger partial charge in [-0.25, -0.2) is 4.79 Å². The van der Waals surface area contributed by atoms with E-state index < -0.39 is 5.97 Å². The second kappa shape index (κ2) is 7.68. The number of aromatic nitrogens is 1. The predicted molar refractivity (Wildman–Crippen MR) is 105 cm³/mol. The molecular weight excluding hydrogens is 356 g/mol. The molecule has 0 aliphatic heterocycles. The molecule has 1 aromatic heterocycles.